The molecule has 1 aliphatic heterocycles. The number of rotatable bonds is 4. The summed E-state index contributed by atoms with van der Waals surface area (Å²) in [6.45, 7) is 2.75. The SMILES string of the molecule is CCCC(NC)c1ccc2c(c1)OOC2. The third kappa shape index (κ3) is 2.13. The minimum Gasteiger partial charge on any atom is -0.337 e. The molecule has 0 amide bonds. The summed E-state index contributed by atoms with van der Waals surface area (Å²) in [6, 6.07) is 6.70. The topological polar surface area (TPSA) is 30.5 Å². The van der Waals surface area contributed by atoms with E-state index in [0.29, 0.717) is 12.6 Å². The summed E-state index contributed by atoms with van der Waals surface area (Å²) in [6.07, 6.45) is 2.30. The lowest BCUT2D eigenvalue weighted by atomic mass is 10.0. The molecule has 0 saturated heterocycles. The van der Waals surface area contributed by atoms with Crippen molar-refractivity contribution < 1.29 is 9.78 Å². The Balaban J connectivity index is 2.20. The fraction of sp³-hybridized carbons (Fsp3) is 0.500. The fourth-order valence-electron chi connectivity index (χ4n) is 1.91. The Morgan fingerprint density at radius 2 is 2.33 bits per heavy atom. The molecule has 1 unspecified atom stereocenters. The van der Waals surface area contributed by atoms with Crippen LogP contribution in [0.5, 0.6) is 5.75 Å². The van der Waals surface area contributed by atoms with E-state index in [1.54, 1.807) is 0 Å². The quantitative estimate of drug-likeness (QED) is 0.770. The molecule has 0 radical (unpaired) electrons. The average molecular weight is 207 g/mol. The zero-order valence-electron chi connectivity index (χ0n) is 9.25. The first-order valence-corrected chi connectivity index (χ1v) is 5.44. The molecule has 0 bridgehead atoms. The first-order chi connectivity index (χ1) is 7.35. The number of fused-ring (bicyclic) bond motifs is 1. The second-order valence-corrected chi connectivity index (χ2v) is 3.84. The van der Waals surface area contributed by atoms with Gasteiger partial charge in [0.2, 0.25) is 0 Å². The second-order valence-electron chi connectivity index (χ2n) is 3.84. The van der Waals surface area contributed by atoms with Gasteiger partial charge in [-0.1, -0.05) is 25.5 Å². The summed E-state index contributed by atoms with van der Waals surface area (Å²) in [5.74, 6) is 0.865. The molecule has 3 nitrogen and oxygen atoms in total. The van der Waals surface area contributed by atoms with E-state index in [0.717, 1.165) is 17.7 Å². The molecule has 0 spiro atoms. The maximum absolute atomic E-state index is 5.08. The van der Waals surface area contributed by atoms with Crippen LogP contribution in [0.15, 0.2) is 18.2 Å². The van der Waals surface area contributed by atoms with Crippen LogP contribution in [-0.4, -0.2) is 7.05 Å². The standard InChI is InChI=1S/C12H17NO2/c1-3-4-11(13-2)9-5-6-10-8-14-15-12(10)7-9/h5-7,11,13H,3-4,8H2,1-2H3. The van der Waals surface area contributed by atoms with Gasteiger partial charge in [-0.05, 0) is 25.1 Å². The van der Waals surface area contributed by atoms with Gasteiger partial charge in [0.15, 0.2) is 5.75 Å². The molecule has 1 aliphatic rings. The highest BCUT2D eigenvalue weighted by Gasteiger charge is 2.16. The summed E-state index contributed by atoms with van der Waals surface area (Å²) >= 11 is 0. The first kappa shape index (κ1) is 10.5. The van der Waals surface area contributed by atoms with E-state index in [9.17, 15) is 0 Å². The van der Waals surface area contributed by atoms with Crippen LogP contribution in [0.25, 0.3) is 0 Å². The molecule has 0 fully saturated rings. The van der Waals surface area contributed by atoms with Crippen molar-refractivity contribution in [2.45, 2.75) is 32.4 Å². The van der Waals surface area contributed by atoms with Crippen LogP contribution in [0.1, 0.15) is 36.9 Å². The third-order valence-corrected chi connectivity index (χ3v) is 2.78. The third-order valence-electron chi connectivity index (χ3n) is 2.78. The van der Waals surface area contributed by atoms with Crippen LogP contribution < -0.4 is 10.2 Å². The van der Waals surface area contributed by atoms with Crippen LogP contribution in [0, 0.1) is 0 Å². The molecule has 1 aromatic carbocycles. The molecular weight excluding hydrogens is 190 g/mol. The second kappa shape index (κ2) is 4.64. The number of nitrogens with one attached hydrogen (secondary N) is 1. The molecule has 2 rings (SSSR count). The van der Waals surface area contributed by atoms with E-state index >= 15 is 0 Å². The van der Waals surface area contributed by atoms with Crippen LogP contribution in [0.3, 0.4) is 0 Å². The summed E-state index contributed by atoms with van der Waals surface area (Å²) in [4.78, 5) is 10.0. The van der Waals surface area contributed by atoms with Crippen molar-refractivity contribution in [1.29, 1.82) is 0 Å². The van der Waals surface area contributed by atoms with Gasteiger partial charge in [0.25, 0.3) is 0 Å². The van der Waals surface area contributed by atoms with Gasteiger partial charge >= 0.3 is 0 Å². The molecule has 1 N–H and O–H groups in total. The molecule has 3 heteroatoms. The minimum absolute atomic E-state index is 0.407. The number of benzene rings is 1. The van der Waals surface area contributed by atoms with Crippen LogP contribution in [0.4, 0.5) is 0 Å². The maximum atomic E-state index is 5.08. The molecule has 1 atom stereocenters. The smallest absolute Gasteiger partial charge is 0.171 e. The van der Waals surface area contributed by atoms with E-state index in [4.69, 9.17) is 9.78 Å². The Morgan fingerprint density at radius 3 is 3.07 bits per heavy atom. The number of hydrogen-bond donors (Lipinski definition) is 1. The Labute approximate surface area is 90.3 Å². The first-order valence-electron chi connectivity index (χ1n) is 5.44. The van der Waals surface area contributed by atoms with Gasteiger partial charge in [-0.3, -0.25) is 0 Å². The predicted octanol–water partition coefficient (Wildman–Crippen LogP) is 2.57. The van der Waals surface area contributed by atoms with Crippen molar-refractivity contribution in [3.63, 3.8) is 0 Å². The van der Waals surface area contributed by atoms with Crippen LogP contribution >= 0.6 is 0 Å². The summed E-state index contributed by atoms with van der Waals surface area (Å²) in [7, 11) is 1.99. The van der Waals surface area contributed by atoms with Gasteiger partial charge in [0.05, 0.1) is 0 Å². The lowest BCUT2D eigenvalue weighted by molar-refractivity contribution is -0.194. The van der Waals surface area contributed by atoms with Gasteiger partial charge in [0.1, 0.15) is 6.61 Å². The van der Waals surface area contributed by atoms with E-state index in [2.05, 4.69) is 30.4 Å². The maximum Gasteiger partial charge on any atom is 0.171 e. The van der Waals surface area contributed by atoms with Gasteiger partial charge in [0, 0.05) is 11.6 Å². The van der Waals surface area contributed by atoms with Gasteiger partial charge in [-0.15, -0.1) is 0 Å². The Kier molecular flexibility index (Phi) is 3.23. The largest absolute Gasteiger partial charge is 0.337 e. The average Bonchev–Trinajstić information content (AvgIpc) is 2.72. The summed E-state index contributed by atoms with van der Waals surface area (Å²) in [5.41, 5.74) is 2.40. The van der Waals surface area contributed by atoms with Gasteiger partial charge in [-0.2, -0.15) is 4.89 Å². The van der Waals surface area contributed by atoms with Gasteiger partial charge < -0.3 is 10.2 Å². The highest BCUT2D eigenvalue weighted by atomic mass is 17.2. The molecular formula is C12H17NO2. The van der Waals surface area contributed by atoms with E-state index < -0.39 is 0 Å². The predicted molar refractivity (Wildman–Crippen MR) is 58.6 cm³/mol. The zero-order valence-corrected chi connectivity index (χ0v) is 9.25. The van der Waals surface area contributed by atoms with Crippen LogP contribution in [-0.2, 0) is 11.5 Å². The lowest BCUT2D eigenvalue weighted by Gasteiger charge is -2.15. The summed E-state index contributed by atoms with van der Waals surface area (Å²) in [5, 5.41) is 3.31. The van der Waals surface area contributed by atoms with Crippen molar-refractivity contribution >= 4 is 0 Å². The molecule has 0 aromatic heterocycles. The van der Waals surface area contributed by atoms with Crippen molar-refractivity contribution in [2.75, 3.05) is 7.05 Å². The molecule has 1 heterocycles. The highest BCUT2D eigenvalue weighted by molar-refractivity contribution is 5.39. The molecule has 1 aromatic rings. The van der Waals surface area contributed by atoms with Crippen molar-refractivity contribution in [1.82, 2.24) is 5.32 Å². The van der Waals surface area contributed by atoms with E-state index in [1.165, 1.54) is 12.0 Å². The van der Waals surface area contributed by atoms with Crippen molar-refractivity contribution in [3.8, 4) is 5.75 Å². The molecule has 0 saturated carbocycles. The zero-order chi connectivity index (χ0) is 10.7. The number of hydrogen-bond acceptors (Lipinski definition) is 3. The molecule has 0 aliphatic carbocycles. The van der Waals surface area contributed by atoms with E-state index in [1.807, 2.05) is 7.05 Å². The Morgan fingerprint density at radius 1 is 1.47 bits per heavy atom. The fourth-order valence-corrected chi connectivity index (χ4v) is 1.91. The Hall–Kier alpha value is -1.06. The monoisotopic (exact) mass is 207 g/mol. The highest BCUT2D eigenvalue weighted by Crippen LogP contribution is 2.30. The van der Waals surface area contributed by atoms with E-state index in [-0.39, 0.29) is 0 Å². The lowest BCUT2D eigenvalue weighted by Crippen LogP contribution is -2.15. The van der Waals surface area contributed by atoms with Crippen LogP contribution in [0.2, 0.25) is 0 Å². The van der Waals surface area contributed by atoms with Crippen molar-refractivity contribution in [2.24, 2.45) is 0 Å². The summed E-state index contributed by atoms with van der Waals surface area (Å²) < 4.78 is 0. The van der Waals surface area contributed by atoms with Crippen molar-refractivity contribution in [3.05, 3.63) is 29.3 Å². The molecule has 82 valence electrons. The normalized spacial score (nSPS) is 15.9. The van der Waals surface area contributed by atoms with Gasteiger partial charge in [-0.25, -0.2) is 0 Å². The molecule has 15 heavy (non-hydrogen) atoms. The minimum atomic E-state index is 0.407. The Bertz CT molecular complexity index is 338.